The van der Waals surface area contributed by atoms with E-state index in [1.807, 2.05) is 6.07 Å². The van der Waals surface area contributed by atoms with Crippen molar-refractivity contribution in [2.45, 2.75) is 11.4 Å². The average Bonchev–Trinajstić information content (AvgIpc) is 2.88. The van der Waals surface area contributed by atoms with Gasteiger partial charge in [0.1, 0.15) is 16.4 Å². The number of benzene rings is 3. The summed E-state index contributed by atoms with van der Waals surface area (Å²) in [6.07, 6.45) is 0. The summed E-state index contributed by atoms with van der Waals surface area (Å²) >= 11 is 0. The predicted molar refractivity (Wildman–Crippen MR) is 130 cm³/mol. The van der Waals surface area contributed by atoms with Crippen LogP contribution in [-0.4, -0.2) is 52.5 Å². The van der Waals surface area contributed by atoms with Gasteiger partial charge in [0.15, 0.2) is 0 Å². The van der Waals surface area contributed by atoms with E-state index in [9.17, 15) is 18.0 Å². The lowest BCUT2D eigenvalue weighted by molar-refractivity contribution is -0.116. The second-order valence-electron chi connectivity index (χ2n) is 7.36. The SMILES string of the molecule is COC(=O)c1ccccc1NC(=O)CN(Cc1ccccc1)S(=O)(=O)c1cc(OC)ccc1OC. The number of para-hydroxylation sites is 1. The van der Waals surface area contributed by atoms with Crippen molar-refractivity contribution in [3.63, 3.8) is 0 Å². The standard InChI is InChI=1S/C25H26N2O7S/c1-32-19-13-14-22(33-2)23(15-19)35(30,31)27(16-18-9-5-4-6-10-18)17-24(28)26-21-12-8-7-11-20(21)25(29)34-3/h4-15H,16-17H2,1-3H3,(H,26,28). The maximum Gasteiger partial charge on any atom is 0.339 e. The van der Waals surface area contributed by atoms with E-state index in [2.05, 4.69) is 5.32 Å². The molecule has 0 saturated carbocycles. The van der Waals surface area contributed by atoms with Gasteiger partial charge in [0, 0.05) is 12.6 Å². The topological polar surface area (TPSA) is 111 Å². The Labute approximate surface area is 204 Å². The van der Waals surface area contributed by atoms with Crippen LogP contribution in [0.25, 0.3) is 0 Å². The lowest BCUT2D eigenvalue weighted by Gasteiger charge is -2.23. The first-order valence-corrected chi connectivity index (χ1v) is 12.0. The fourth-order valence-electron chi connectivity index (χ4n) is 3.37. The van der Waals surface area contributed by atoms with Crippen LogP contribution < -0.4 is 14.8 Å². The number of nitrogens with zero attached hydrogens (tertiary/aromatic N) is 1. The van der Waals surface area contributed by atoms with Crippen molar-refractivity contribution in [2.75, 3.05) is 33.2 Å². The van der Waals surface area contributed by atoms with Crippen LogP contribution in [0.15, 0.2) is 77.7 Å². The van der Waals surface area contributed by atoms with Gasteiger partial charge >= 0.3 is 5.97 Å². The van der Waals surface area contributed by atoms with Gasteiger partial charge in [-0.05, 0) is 29.8 Å². The fourth-order valence-corrected chi connectivity index (χ4v) is 4.92. The first-order chi connectivity index (χ1) is 16.8. The van der Waals surface area contributed by atoms with Crippen LogP contribution in [0.2, 0.25) is 0 Å². The van der Waals surface area contributed by atoms with E-state index >= 15 is 0 Å². The van der Waals surface area contributed by atoms with Gasteiger partial charge in [0.2, 0.25) is 15.9 Å². The first-order valence-electron chi connectivity index (χ1n) is 10.5. The molecule has 0 heterocycles. The molecule has 0 aromatic heterocycles. The zero-order valence-electron chi connectivity index (χ0n) is 19.6. The molecule has 10 heteroatoms. The molecule has 0 spiro atoms. The van der Waals surface area contributed by atoms with Gasteiger partial charge in [-0.2, -0.15) is 4.31 Å². The van der Waals surface area contributed by atoms with Crippen LogP contribution in [0.4, 0.5) is 5.69 Å². The third-order valence-corrected chi connectivity index (χ3v) is 6.93. The summed E-state index contributed by atoms with van der Waals surface area (Å²) in [6.45, 7) is -0.595. The third kappa shape index (κ3) is 6.17. The summed E-state index contributed by atoms with van der Waals surface area (Å²) in [4.78, 5) is 24.9. The smallest absolute Gasteiger partial charge is 0.339 e. The normalized spacial score (nSPS) is 11.1. The monoisotopic (exact) mass is 498 g/mol. The quantitative estimate of drug-likeness (QED) is 0.427. The zero-order chi connectivity index (χ0) is 25.4. The molecule has 0 unspecified atom stereocenters. The summed E-state index contributed by atoms with van der Waals surface area (Å²) in [5.74, 6) is -0.834. The van der Waals surface area contributed by atoms with Crippen molar-refractivity contribution in [1.82, 2.24) is 4.31 Å². The van der Waals surface area contributed by atoms with Gasteiger partial charge in [0.25, 0.3) is 0 Å². The number of rotatable bonds is 10. The maximum absolute atomic E-state index is 13.7. The highest BCUT2D eigenvalue weighted by molar-refractivity contribution is 7.89. The molecule has 0 fully saturated rings. The molecule has 0 aliphatic carbocycles. The Morgan fingerprint density at radius 1 is 0.886 bits per heavy atom. The molecule has 184 valence electrons. The van der Waals surface area contributed by atoms with Gasteiger partial charge in [0.05, 0.1) is 39.1 Å². The van der Waals surface area contributed by atoms with Crippen molar-refractivity contribution >= 4 is 27.6 Å². The predicted octanol–water partition coefficient (Wildman–Crippen LogP) is 3.32. The molecule has 0 atom stereocenters. The Balaban J connectivity index is 1.97. The number of carbonyl (C=O) groups excluding carboxylic acids is 2. The Bertz CT molecular complexity index is 1290. The van der Waals surface area contributed by atoms with Crippen molar-refractivity contribution < 1.29 is 32.2 Å². The van der Waals surface area contributed by atoms with E-state index in [1.54, 1.807) is 42.5 Å². The number of hydrogen-bond acceptors (Lipinski definition) is 7. The average molecular weight is 499 g/mol. The molecule has 0 aliphatic rings. The van der Waals surface area contributed by atoms with E-state index < -0.39 is 28.4 Å². The number of ether oxygens (including phenoxy) is 3. The molecule has 3 rings (SSSR count). The minimum Gasteiger partial charge on any atom is -0.497 e. The van der Waals surface area contributed by atoms with Crippen LogP contribution >= 0.6 is 0 Å². The van der Waals surface area contributed by atoms with E-state index in [0.29, 0.717) is 11.3 Å². The summed E-state index contributed by atoms with van der Waals surface area (Å²) in [7, 11) is -0.202. The molecule has 3 aromatic rings. The van der Waals surface area contributed by atoms with Gasteiger partial charge in [-0.25, -0.2) is 13.2 Å². The number of sulfonamides is 1. The number of esters is 1. The van der Waals surface area contributed by atoms with Crippen LogP contribution in [0.5, 0.6) is 11.5 Å². The highest BCUT2D eigenvalue weighted by Gasteiger charge is 2.30. The maximum atomic E-state index is 13.7. The van der Waals surface area contributed by atoms with E-state index in [0.717, 1.165) is 4.31 Å². The van der Waals surface area contributed by atoms with Crippen LogP contribution in [-0.2, 0) is 26.1 Å². The van der Waals surface area contributed by atoms with Crippen LogP contribution in [0, 0.1) is 0 Å². The first kappa shape index (κ1) is 25.7. The minimum atomic E-state index is -4.22. The lowest BCUT2D eigenvalue weighted by Crippen LogP contribution is -2.38. The minimum absolute atomic E-state index is 0.0738. The van der Waals surface area contributed by atoms with Crippen molar-refractivity contribution in [3.8, 4) is 11.5 Å². The number of nitrogens with one attached hydrogen (secondary N) is 1. The zero-order valence-corrected chi connectivity index (χ0v) is 20.4. The number of hydrogen-bond donors (Lipinski definition) is 1. The van der Waals surface area contributed by atoms with Crippen LogP contribution in [0.1, 0.15) is 15.9 Å². The fraction of sp³-hybridized carbons (Fsp3) is 0.200. The van der Waals surface area contributed by atoms with Crippen molar-refractivity contribution in [1.29, 1.82) is 0 Å². The lowest BCUT2D eigenvalue weighted by atomic mass is 10.2. The number of amides is 1. The molecule has 1 N–H and O–H groups in total. The second kappa shape index (κ2) is 11.5. The van der Waals surface area contributed by atoms with E-state index in [-0.39, 0.29) is 28.4 Å². The van der Waals surface area contributed by atoms with Crippen molar-refractivity contribution in [3.05, 3.63) is 83.9 Å². The number of anilines is 1. The molecule has 35 heavy (non-hydrogen) atoms. The molecule has 3 aromatic carbocycles. The molecule has 0 radical (unpaired) electrons. The van der Waals surface area contributed by atoms with Gasteiger partial charge in [-0.15, -0.1) is 0 Å². The summed E-state index contributed by atoms with van der Waals surface area (Å²) < 4.78 is 43.7. The Kier molecular flexibility index (Phi) is 8.45. The Morgan fingerprint density at radius 2 is 1.57 bits per heavy atom. The third-order valence-electron chi connectivity index (χ3n) is 5.12. The van der Waals surface area contributed by atoms with Crippen LogP contribution in [0.3, 0.4) is 0 Å². The van der Waals surface area contributed by atoms with E-state index in [1.165, 1.54) is 45.6 Å². The Morgan fingerprint density at radius 3 is 2.23 bits per heavy atom. The highest BCUT2D eigenvalue weighted by atomic mass is 32.2. The van der Waals surface area contributed by atoms with Gasteiger partial charge in [-0.1, -0.05) is 42.5 Å². The molecular formula is C25H26N2O7S. The Hall–Kier alpha value is -3.89. The second-order valence-corrected chi connectivity index (χ2v) is 9.27. The largest absolute Gasteiger partial charge is 0.497 e. The van der Waals surface area contributed by atoms with Crippen molar-refractivity contribution in [2.24, 2.45) is 0 Å². The molecule has 0 saturated heterocycles. The molecular weight excluding hydrogens is 472 g/mol. The molecule has 0 bridgehead atoms. The van der Waals surface area contributed by atoms with Gasteiger partial charge < -0.3 is 19.5 Å². The summed E-state index contributed by atoms with van der Waals surface area (Å²) in [5, 5.41) is 2.61. The number of methoxy groups -OCH3 is 3. The summed E-state index contributed by atoms with van der Waals surface area (Å²) in [6, 6.07) is 19.6. The number of carbonyl (C=O) groups is 2. The van der Waals surface area contributed by atoms with E-state index in [4.69, 9.17) is 14.2 Å². The molecule has 0 aliphatic heterocycles. The molecule has 1 amide bonds. The summed E-state index contributed by atoms with van der Waals surface area (Å²) in [5.41, 5.74) is 1.04. The van der Waals surface area contributed by atoms with Gasteiger partial charge in [-0.3, -0.25) is 4.79 Å². The molecule has 9 nitrogen and oxygen atoms in total. The highest BCUT2D eigenvalue weighted by Crippen LogP contribution is 2.31.